The summed E-state index contributed by atoms with van der Waals surface area (Å²) in [4.78, 5) is 11.8. The van der Waals surface area contributed by atoms with E-state index in [9.17, 15) is 0 Å². The van der Waals surface area contributed by atoms with E-state index in [2.05, 4.69) is 15.0 Å². The average molecular weight is 224 g/mol. The summed E-state index contributed by atoms with van der Waals surface area (Å²) in [5.41, 5.74) is 5.54. The molecule has 0 unspecified atom stereocenters. The first-order valence-electron chi connectivity index (χ1n) is 5.59. The second-order valence-corrected chi connectivity index (χ2v) is 3.72. The molecule has 0 bridgehead atoms. The highest BCUT2D eigenvalue weighted by Gasteiger charge is 2.18. The van der Waals surface area contributed by atoms with Crippen molar-refractivity contribution in [2.75, 3.05) is 12.3 Å². The van der Waals surface area contributed by atoms with Crippen molar-refractivity contribution in [3.05, 3.63) is 0 Å². The van der Waals surface area contributed by atoms with E-state index >= 15 is 0 Å². The van der Waals surface area contributed by atoms with Gasteiger partial charge in [-0.15, -0.1) is 4.98 Å². The molecule has 2 N–H and O–H groups in total. The molecule has 1 aliphatic rings. The summed E-state index contributed by atoms with van der Waals surface area (Å²) in [7, 11) is 0. The predicted molar refractivity (Wildman–Crippen MR) is 58.3 cm³/mol. The standard InChI is InChI=1S/C10H16N4O2/c1-2-15-9-12-8(11)13-10(14-9)16-7-5-3-4-6-7/h7H,2-6H2,1H3,(H2,11,12,13,14). The molecule has 6 heteroatoms. The average Bonchev–Trinajstić information content (AvgIpc) is 2.70. The lowest BCUT2D eigenvalue weighted by Crippen LogP contribution is -2.14. The maximum atomic E-state index is 5.62. The van der Waals surface area contributed by atoms with E-state index in [0.717, 1.165) is 12.8 Å². The highest BCUT2D eigenvalue weighted by Crippen LogP contribution is 2.22. The van der Waals surface area contributed by atoms with Crippen LogP contribution in [0.5, 0.6) is 12.0 Å². The first kappa shape index (κ1) is 10.9. The molecule has 0 radical (unpaired) electrons. The molecule has 0 atom stereocenters. The minimum Gasteiger partial charge on any atom is -0.464 e. The van der Waals surface area contributed by atoms with Crippen LogP contribution in [0.25, 0.3) is 0 Å². The molecule has 1 heterocycles. The van der Waals surface area contributed by atoms with Gasteiger partial charge in [0.2, 0.25) is 5.95 Å². The Bertz CT molecular complexity index is 353. The van der Waals surface area contributed by atoms with E-state index in [4.69, 9.17) is 15.2 Å². The van der Waals surface area contributed by atoms with E-state index < -0.39 is 0 Å². The molecular weight excluding hydrogens is 208 g/mol. The summed E-state index contributed by atoms with van der Waals surface area (Å²) in [6.07, 6.45) is 4.70. The minimum atomic E-state index is 0.131. The number of nitrogen functional groups attached to an aromatic ring is 1. The van der Waals surface area contributed by atoms with Gasteiger partial charge in [0.25, 0.3) is 0 Å². The van der Waals surface area contributed by atoms with Gasteiger partial charge in [-0.05, 0) is 32.6 Å². The first-order chi connectivity index (χ1) is 7.78. The summed E-state index contributed by atoms with van der Waals surface area (Å²) < 4.78 is 10.8. The molecule has 0 aromatic carbocycles. The van der Waals surface area contributed by atoms with Crippen LogP contribution in [0.15, 0.2) is 0 Å². The van der Waals surface area contributed by atoms with Crippen LogP contribution in [-0.4, -0.2) is 27.7 Å². The fourth-order valence-corrected chi connectivity index (χ4v) is 1.75. The Hall–Kier alpha value is -1.59. The number of hydrogen-bond acceptors (Lipinski definition) is 6. The van der Waals surface area contributed by atoms with Crippen LogP contribution in [0, 0.1) is 0 Å². The lowest BCUT2D eigenvalue weighted by Gasteiger charge is -2.11. The molecule has 2 rings (SSSR count). The van der Waals surface area contributed by atoms with Crippen molar-refractivity contribution >= 4 is 5.95 Å². The molecule has 0 saturated heterocycles. The van der Waals surface area contributed by atoms with Gasteiger partial charge in [0.05, 0.1) is 6.61 Å². The molecule has 6 nitrogen and oxygen atoms in total. The van der Waals surface area contributed by atoms with Gasteiger partial charge in [0.15, 0.2) is 0 Å². The molecule has 88 valence electrons. The van der Waals surface area contributed by atoms with Gasteiger partial charge >= 0.3 is 12.0 Å². The van der Waals surface area contributed by atoms with Crippen molar-refractivity contribution < 1.29 is 9.47 Å². The van der Waals surface area contributed by atoms with E-state index in [0.29, 0.717) is 6.61 Å². The van der Waals surface area contributed by atoms with E-state index in [1.807, 2.05) is 6.92 Å². The molecule has 1 aromatic heterocycles. The molecular formula is C10H16N4O2. The number of nitrogens with two attached hydrogens (primary N) is 1. The fraction of sp³-hybridized carbons (Fsp3) is 0.700. The van der Waals surface area contributed by atoms with Gasteiger partial charge in [-0.3, -0.25) is 0 Å². The Morgan fingerprint density at radius 1 is 1.19 bits per heavy atom. The normalized spacial score (nSPS) is 16.3. The lowest BCUT2D eigenvalue weighted by atomic mass is 10.3. The second-order valence-electron chi connectivity index (χ2n) is 3.72. The molecule has 1 aromatic rings. The molecule has 0 spiro atoms. The smallest absolute Gasteiger partial charge is 0.324 e. The Labute approximate surface area is 94.2 Å². The number of ether oxygens (including phenoxy) is 2. The maximum absolute atomic E-state index is 5.62. The van der Waals surface area contributed by atoms with E-state index in [1.54, 1.807) is 0 Å². The van der Waals surface area contributed by atoms with Crippen molar-refractivity contribution in [3.63, 3.8) is 0 Å². The molecule has 16 heavy (non-hydrogen) atoms. The number of nitrogens with zero attached hydrogens (tertiary/aromatic N) is 3. The van der Waals surface area contributed by atoms with Crippen LogP contribution in [0.3, 0.4) is 0 Å². The highest BCUT2D eigenvalue weighted by molar-refractivity contribution is 5.20. The monoisotopic (exact) mass is 224 g/mol. The van der Waals surface area contributed by atoms with Crippen molar-refractivity contribution in [2.24, 2.45) is 0 Å². The van der Waals surface area contributed by atoms with Crippen molar-refractivity contribution in [2.45, 2.75) is 38.7 Å². The molecule has 1 fully saturated rings. The second kappa shape index (κ2) is 4.96. The van der Waals surface area contributed by atoms with Gasteiger partial charge < -0.3 is 15.2 Å². The molecule has 1 saturated carbocycles. The summed E-state index contributed by atoms with van der Waals surface area (Å²) in [5, 5.41) is 0. The van der Waals surface area contributed by atoms with Crippen molar-refractivity contribution in [3.8, 4) is 12.0 Å². The van der Waals surface area contributed by atoms with Gasteiger partial charge in [0, 0.05) is 0 Å². The Kier molecular flexibility index (Phi) is 3.38. The summed E-state index contributed by atoms with van der Waals surface area (Å²) in [6, 6.07) is 0.492. The van der Waals surface area contributed by atoms with E-state index in [-0.39, 0.29) is 24.1 Å². The number of rotatable bonds is 4. The van der Waals surface area contributed by atoms with Crippen LogP contribution < -0.4 is 15.2 Å². The highest BCUT2D eigenvalue weighted by atomic mass is 16.5. The zero-order valence-electron chi connectivity index (χ0n) is 9.35. The summed E-state index contributed by atoms with van der Waals surface area (Å²) in [6.45, 7) is 2.35. The Balaban J connectivity index is 2.06. The van der Waals surface area contributed by atoms with Crippen LogP contribution in [-0.2, 0) is 0 Å². The zero-order chi connectivity index (χ0) is 11.4. The Morgan fingerprint density at radius 3 is 2.56 bits per heavy atom. The van der Waals surface area contributed by atoms with Gasteiger partial charge in [0.1, 0.15) is 6.10 Å². The topological polar surface area (TPSA) is 83.2 Å². The van der Waals surface area contributed by atoms with Gasteiger partial charge in [-0.1, -0.05) is 0 Å². The summed E-state index contributed by atoms with van der Waals surface area (Å²) >= 11 is 0. The van der Waals surface area contributed by atoms with Crippen molar-refractivity contribution in [1.82, 2.24) is 15.0 Å². The van der Waals surface area contributed by atoms with E-state index in [1.165, 1.54) is 12.8 Å². The van der Waals surface area contributed by atoms with Crippen LogP contribution >= 0.6 is 0 Å². The maximum Gasteiger partial charge on any atom is 0.324 e. The van der Waals surface area contributed by atoms with Gasteiger partial charge in [-0.25, -0.2) is 0 Å². The predicted octanol–water partition coefficient (Wildman–Crippen LogP) is 1.17. The third-order valence-electron chi connectivity index (χ3n) is 2.46. The fourth-order valence-electron chi connectivity index (χ4n) is 1.75. The van der Waals surface area contributed by atoms with Gasteiger partial charge in [-0.2, -0.15) is 9.97 Å². The summed E-state index contributed by atoms with van der Waals surface area (Å²) in [5.74, 6) is 0.131. The number of hydrogen-bond donors (Lipinski definition) is 1. The lowest BCUT2D eigenvalue weighted by molar-refractivity contribution is 0.187. The Morgan fingerprint density at radius 2 is 1.88 bits per heavy atom. The quantitative estimate of drug-likeness (QED) is 0.826. The largest absolute Gasteiger partial charge is 0.464 e. The zero-order valence-corrected chi connectivity index (χ0v) is 9.35. The molecule has 0 aliphatic heterocycles. The molecule has 0 amide bonds. The van der Waals surface area contributed by atoms with Crippen LogP contribution in [0.4, 0.5) is 5.95 Å². The first-order valence-corrected chi connectivity index (χ1v) is 5.59. The van der Waals surface area contributed by atoms with Crippen LogP contribution in [0.2, 0.25) is 0 Å². The SMILES string of the molecule is CCOc1nc(N)nc(OC2CCCC2)n1. The number of anilines is 1. The van der Waals surface area contributed by atoms with Crippen molar-refractivity contribution in [1.29, 1.82) is 0 Å². The number of aromatic nitrogens is 3. The third-order valence-corrected chi connectivity index (χ3v) is 2.46. The molecule has 1 aliphatic carbocycles. The minimum absolute atomic E-state index is 0.131. The third kappa shape index (κ3) is 2.71. The van der Waals surface area contributed by atoms with Crippen LogP contribution in [0.1, 0.15) is 32.6 Å².